The Kier molecular flexibility index (Phi) is 4.08. The molecule has 23 heavy (non-hydrogen) atoms. The minimum atomic E-state index is -3.20. The van der Waals surface area contributed by atoms with Crippen molar-refractivity contribution in [2.24, 2.45) is 0 Å². The molecular formula is C16H14BrN3O2S. The Hall–Kier alpha value is -1.99. The van der Waals surface area contributed by atoms with Crippen LogP contribution in [0.3, 0.4) is 0 Å². The van der Waals surface area contributed by atoms with E-state index in [2.05, 4.69) is 31.2 Å². The molecule has 5 nitrogen and oxygen atoms in total. The van der Waals surface area contributed by atoms with Gasteiger partial charge in [-0.25, -0.2) is 18.4 Å². The number of fused-ring (bicyclic) bond motifs is 1. The van der Waals surface area contributed by atoms with E-state index in [1.54, 1.807) is 30.5 Å². The fourth-order valence-corrected chi connectivity index (χ4v) is 3.53. The second-order valence-electron chi connectivity index (χ2n) is 5.30. The van der Waals surface area contributed by atoms with E-state index in [0.717, 1.165) is 26.6 Å². The van der Waals surface area contributed by atoms with Crippen LogP contribution in [0.1, 0.15) is 5.56 Å². The molecule has 0 unspecified atom stereocenters. The molecule has 3 rings (SSSR count). The first kappa shape index (κ1) is 15.9. The lowest BCUT2D eigenvalue weighted by Crippen LogP contribution is -1.99. The van der Waals surface area contributed by atoms with E-state index < -0.39 is 9.84 Å². The number of nitrogens with zero attached hydrogens (tertiary/aromatic N) is 2. The number of aromatic nitrogens is 2. The first-order chi connectivity index (χ1) is 10.8. The van der Waals surface area contributed by atoms with Crippen molar-refractivity contribution in [2.75, 3.05) is 11.6 Å². The predicted octanol–water partition coefficient (Wildman–Crippen LogP) is 3.85. The zero-order valence-electron chi connectivity index (χ0n) is 12.5. The first-order valence-electron chi connectivity index (χ1n) is 6.83. The van der Waals surface area contributed by atoms with Gasteiger partial charge in [0.1, 0.15) is 0 Å². The van der Waals surface area contributed by atoms with Gasteiger partial charge in [0.2, 0.25) is 5.95 Å². The molecule has 0 amide bonds. The van der Waals surface area contributed by atoms with Crippen LogP contribution in [0.2, 0.25) is 0 Å². The summed E-state index contributed by atoms with van der Waals surface area (Å²) in [5, 5.41) is 4.03. The summed E-state index contributed by atoms with van der Waals surface area (Å²) in [6.07, 6.45) is 2.94. The number of anilines is 2. The Balaban J connectivity index is 1.92. The molecule has 2 aromatic carbocycles. The molecule has 0 fully saturated rings. The van der Waals surface area contributed by atoms with Crippen molar-refractivity contribution in [3.05, 3.63) is 52.6 Å². The Morgan fingerprint density at radius 3 is 2.48 bits per heavy atom. The minimum absolute atomic E-state index is 0.278. The molecule has 118 valence electrons. The number of halogens is 1. The Bertz CT molecular complexity index is 986. The van der Waals surface area contributed by atoms with Gasteiger partial charge in [0.05, 0.1) is 10.4 Å². The van der Waals surface area contributed by atoms with Crippen LogP contribution in [0.4, 0.5) is 11.6 Å². The van der Waals surface area contributed by atoms with Crippen LogP contribution in [-0.2, 0) is 9.84 Å². The van der Waals surface area contributed by atoms with Gasteiger partial charge in [-0.3, -0.25) is 0 Å². The maximum atomic E-state index is 11.5. The summed E-state index contributed by atoms with van der Waals surface area (Å²) in [6, 6.07) is 10.5. The van der Waals surface area contributed by atoms with Crippen molar-refractivity contribution >= 4 is 48.3 Å². The van der Waals surface area contributed by atoms with E-state index in [1.807, 2.05) is 19.1 Å². The van der Waals surface area contributed by atoms with Gasteiger partial charge in [0, 0.05) is 28.0 Å². The molecule has 1 N–H and O–H groups in total. The third kappa shape index (κ3) is 3.51. The molecule has 0 spiro atoms. The van der Waals surface area contributed by atoms with Crippen LogP contribution in [0.25, 0.3) is 10.9 Å². The van der Waals surface area contributed by atoms with Crippen molar-refractivity contribution in [3.63, 3.8) is 0 Å². The number of sulfone groups is 1. The van der Waals surface area contributed by atoms with Gasteiger partial charge in [-0.15, -0.1) is 0 Å². The maximum absolute atomic E-state index is 11.5. The van der Waals surface area contributed by atoms with Gasteiger partial charge in [-0.2, -0.15) is 0 Å². The quantitative estimate of drug-likeness (QED) is 0.733. The SMILES string of the molecule is Cc1cc(Br)c2nc(Nc3ccc(S(C)(=O)=O)cc3)ncc2c1. The number of hydrogen-bond donors (Lipinski definition) is 1. The largest absolute Gasteiger partial charge is 0.324 e. The van der Waals surface area contributed by atoms with Crippen molar-refractivity contribution < 1.29 is 8.42 Å². The second-order valence-corrected chi connectivity index (χ2v) is 8.17. The predicted molar refractivity (Wildman–Crippen MR) is 94.8 cm³/mol. The van der Waals surface area contributed by atoms with Crippen LogP contribution >= 0.6 is 15.9 Å². The zero-order chi connectivity index (χ0) is 16.6. The summed E-state index contributed by atoms with van der Waals surface area (Å²) >= 11 is 3.51. The fourth-order valence-electron chi connectivity index (χ4n) is 2.22. The van der Waals surface area contributed by atoms with Gasteiger partial charge < -0.3 is 5.32 Å². The van der Waals surface area contributed by atoms with E-state index in [0.29, 0.717) is 5.95 Å². The molecule has 0 bridgehead atoms. The highest BCUT2D eigenvalue weighted by Crippen LogP contribution is 2.25. The van der Waals surface area contributed by atoms with Crippen LogP contribution < -0.4 is 5.32 Å². The van der Waals surface area contributed by atoms with Crippen molar-refractivity contribution in [2.45, 2.75) is 11.8 Å². The lowest BCUT2D eigenvalue weighted by atomic mass is 10.2. The highest BCUT2D eigenvalue weighted by molar-refractivity contribution is 9.10. The normalized spacial score (nSPS) is 11.6. The van der Waals surface area contributed by atoms with Gasteiger partial charge >= 0.3 is 0 Å². The monoisotopic (exact) mass is 391 g/mol. The van der Waals surface area contributed by atoms with Crippen molar-refractivity contribution in [3.8, 4) is 0 Å². The maximum Gasteiger partial charge on any atom is 0.227 e. The average molecular weight is 392 g/mol. The van der Waals surface area contributed by atoms with Crippen LogP contribution in [0.15, 0.2) is 52.0 Å². The molecule has 0 saturated carbocycles. The Morgan fingerprint density at radius 1 is 1.13 bits per heavy atom. The highest BCUT2D eigenvalue weighted by atomic mass is 79.9. The third-order valence-electron chi connectivity index (χ3n) is 3.32. The fraction of sp³-hybridized carbons (Fsp3) is 0.125. The summed E-state index contributed by atoms with van der Waals surface area (Å²) in [6.45, 7) is 2.01. The van der Waals surface area contributed by atoms with E-state index >= 15 is 0 Å². The van der Waals surface area contributed by atoms with Gasteiger partial charge in [0.15, 0.2) is 9.84 Å². The molecular weight excluding hydrogens is 378 g/mol. The van der Waals surface area contributed by atoms with Crippen LogP contribution in [0.5, 0.6) is 0 Å². The topological polar surface area (TPSA) is 72.0 Å². The molecule has 0 radical (unpaired) electrons. The van der Waals surface area contributed by atoms with Gasteiger partial charge in [0.25, 0.3) is 0 Å². The van der Waals surface area contributed by atoms with Gasteiger partial charge in [-0.1, -0.05) is 0 Å². The van der Waals surface area contributed by atoms with Crippen molar-refractivity contribution in [1.29, 1.82) is 0 Å². The van der Waals surface area contributed by atoms with E-state index in [1.165, 1.54) is 6.26 Å². The molecule has 0 saturated heterocycles. The number of rotatable bonds is 3. The molecule has 0 aliphatic carbocycles. The Labute approximate surface area is 142 Å². The highest BCUT2D eigenvalue weighted by Gasteiger charge is 2.08. The number of benzene rings is 2. The molecule has 0 aliphatic rings. The van der Waals surface area contributed by atoms with E-state index in [9.17, 15) is 8.42 Å². The molecule has 1 heterocycles. The molecule has 1 aromatic heterocycles. The molecule has 7 heteroatoms. The molecule has 3 aromatic rings. The smallest absolute Gasteiger partial charge is 0.227 e. The number of nitrogens with one attached hydrogen (secondary N) is 1. The second kappa shape index (κ2) is 5.90. The van der Waals surface area contributed by atoms with Gasteiger partial charge in [-0.05, 0) is 64.8 Å². The van der Waals surface area contributed by atoms with Crippen LogP contribution in [-0.4, -0.2) is 24.6 Å². The molecule has 0 aliphatic heterocycles. The lowest BCUT2D eigenvalue weighted by molar-refractivity contribution is 0.602. The standard InChI is InChI=1S/C16H14BrN3O2S/c1-10-7-11-9-18-16(20-15(11)14(17)8-10)19-12-3-5-13(6-4-12)23(2,21)22/h3-9H,1-2H3,(H,18,19,20). The summed E-state index contributed by atoms with van der Waals surface area (Å²) in [5.41, 5.74) is 2.67. The average Bonchev–Trinajstić information content (AvgIpc) is 2.47. The molecule has 0 atom stereocenters. The lowest BCUT2D eigenvalue weighted by Gasteiger charge is -2.08. The van der Waals surface area contributed by atoms with E-state index in [4.69, 9.17) is 0 Å². The number of aryl methyl sites for hydroxylation is 1. The summed E-state index contributed by atoms with van der Waals surface area (Å²) < 4.78 is 23.8. The summed E-state index contributed by atoms with van der Waals surface area (Å²) in [5.74, 6) is 0.453. The summed E-state index contributed by atoms with van der Waals surface area (Å²) in [7, 11) is -3.20. The minimum Gasteiger partial charge on any atom is -0.324 e. The summed E-state index contributed by atoms with van der Waals surface area (Å²) in [4.78, 5) is 9.07. The first-order valence-corrected chi connectivity index (χ1v) is 9.51. The van der Waals surface area contributed by atoms with Crippen LogP contribution in [0, 0.1) is 6.92 Å². The zero-order valence-corrected chi connectivity index (χ0v) is 14.9. The van der Waals surface area contributed by atoms with E-state index in [-0.39, 0.29) is 4.90 Å². The third-order valence-corrected chi connectivity index (χ3v) is 5.05. The van der Waals surface area contributed by atoms with Crippen molar-refractivity contribution in [1.82, 2.24) is 9.97 Å². The number of hydrogen-bond acceptors (Lipinski definition) is 5. The Morgan fingerprint density at radius 2 is 1.83 bits per heavy atom.